The van der Waals surface area contributed by atoms with Gasteiger partial charge in [0.25, 0.3) is 5.56 Å². The summed E-state index contributed by atoms with van der Waals surface area (Å²) in [7, 11) is -9.66. The number of aromatic nitrogens is 2. The summed E-state index contributed by atoms with van der Waals surface area (Å²) in [5.41, 5.74) is 3.53. The molecule has 0 amide bonds. The van der Waals surface area contributed by atoms with Crippen molar-refractivity contribution in [2.45, 2.75) is 31.0 Å². The molecule has 0 aliphatic carbocycles. The molecule has 204 valence electrons. The molecule has 1 aliphatic rings. The molecule has 6 N–H and O–H groups in total. The van der Waals surface area contributed by atoms with Gasteiger partial charge in [0, 0.05) is 12.3 Å². The fraction of sp³-hybridized carbons (Fsp3) is 0.421. The van der Waals surface area contributed by atoms with Crippen LogP contribution in [-0.4, -0.2) is 68.2 Å². The van der Waals surface area contributed by atoms with Crippen molar-refractivity contribution in [1.82, 2.24) is 9.55 Å². The molecule has 1 aromatic heterocycles. The Balaban J connectivity index is 1.76. The lowest BCUT2D eigenvalue weighted by molar-refractivity contribution is -0.0604. The van der Waals surface area contributed by atoms with Crippen molar-refractivity contribution in [3.05, 3.63) is 63.4 Å². The van der Waals surface area contributed by atoms with Gasteiger partial charge in [0.15, 0.2) is 12.3 Å². The smallest absolute Gasteiger partial charge is 0.423 e. The van der Waals surface area contributed by atoms with E-state index < -0.39 is 70.1 Å². The maximum atomic E-state index is 12.3. The molecule has 1 saturated heterocycles. The van der Waals surface area contributed by atoms with Gasteiger partial charge in [-0.2, -0.15) is 0 Å². The summed E-state index contributed by atoms with van der Waals surface area (Å²) < 4.78 is 49.6. The highest BCUT2D eigenvalue weighted by molar-refractivity contribution is 7.64. The van der Waals surface area contributed by atoms with Crippen LogP contribution in [0, 0.1) is 0 Å². The number of phosphoric ester groups is 1. The standard InChI is InChI=1S/C19H25N3O13P2/c20-8-4-10-36(27,28)35-37(29,30)31-11-13-15(24)16(34-19(26)32-12-5-2-1-3-6-12)17(33-13)22-9-7-14(23)21-18(22)25/h1-3,5-7,9,13,15-17,24H,4,8,10-11,20H2,(H,27,28)(H,29,30)(H,21,23,25)/t13-,15?,16+,17-/m1/s1. The topological polar surface area (TPSA) is 239 Å². The van der Waals surface area contributed by atoms with Gasteiger partial charge in [-0.05, 0) is 25.1 Å². The van der Waals surface area contributed by atoms with Crippen molar-refractivity contribution in [2.24, 2.45) is 5.73 Å². The van der Waals surface area contributed by atoms with Crippen LogP contribution in [0.1, 0.15) is 12.6 Å². The van der Waals surface area contributed by atoms with E-state index in [0.29, 0.717) is 0 Å². The molecule has 3 rings (SSSR count). The van der Waals surface area contributed by atoms with E-state index >= 15 is 0 Å². The minimum absolute atomic E-state index is 0.0337. The lowest BCUT2D eigenvalue weighted by atomic mass is 10.1. The summed E-state index contributed by atoms with van der Waals surface area (Å²) in [6, 6.07) is 8.72. The maximum Gasteiger partial charge on any atom is 0.514 e. The number of para-hydroxylation sites is 1. The van der Waals surface area contributed by atoms with Gasteiger partial charge in [-0.25, -0.2) is 18.5 Å². The number of phosphoric acid groups is 1. The van der Waals surface area contributed by atoms with E-state index in [1.807, 2.05) is 4.98 Å². The van der Waals surface area contributed by atoms with Crippen molar-refractivity contribution < 1.29 is 51.9 Å². The second kappa shape index (κ2) is 12.3. The maximum absolute atomic E-state index is 12.3. The van der Waals surface area contributed by atoms with Gasteiger partial charge < -0.3 is 34.8 Å². The zero-order valence-corrected chi connectivity index (χ0v) is 20.8. The number of aliphatic hydroxyl groups is 1. The van der Waals surface area contributed by atoms with Crippen molar-refractivity contribution in [2.75, 3.05) is 19.3 Å². The molecule has 2 heterocycles. The van der Waals surface area contributed by atoms with Gasteiger partial charge in [0.2, 0.25) is 0 Å². The SMILES string of the molecule is NCCCP(=O)(O)OP(=O)(O)OC[C@H]1O[C@@H](n2ccc(=O)[nH]c2=O)[C@@H](OC(=O)Oc2ccccc2)C1O. The summed E-state index contributed by atoms with van der Waals surface area (Å²) in [5, 5.41) is 10.7. The quantitative estimate of drug-likeness (QED) is 0.137. The van der Waals surface area contributed by atoms with E-state index in [-0.39, 0.29) is 18.7 Å². The lowest BCUT2D eigenvalue weighted by Crippen LogP contribution is -2.41. The molecule has 0 spiro atoms. The van der Waals surface area contributed by atoms with Gasteiger partial charge in [0.1, 0.15) is 18.0 Å². The number of rotatable bonds is 11. The van der Waals surface area contributed by atoms with Crippen LogP contribution in [0.2, 0.25) is 0 Å². The third kappa shape index (κ3) is 8.17. The number of aromatic amines is 1. The van der Waals surface area contributed by atoms with E-state index in [4.69, 9.17) is 24.5 Å². The first kappa shape index (κ1) is 28.9. The molecule has 3 unspecified atom stereocenters. The van der Waals surface area contributed by atoms with E-state index in [2.05, 4.69) is 4.31 Å². The van der Waals surface area contributed by atoms with Crippen LogP contribution < -0.4 is 21.7 Å². The minimum Gasteiger partial charge on any atom is -0.423 e. The van der Waals surface area contributed by atoms with E-state index in [0.717, 1.165) is 16.8 Å². The fourth-order valence-corrected chi connectivity index (χ4v) is 5.96. The molecule has 0 bridgehead atoms. The number of aliphatic hydroxyl groups excluding tert-OH is 1. The Bertz CT molecular complexity index is 1280. The zero-order valence-electron chi connectivity index (χ0n) is 19.0. The molecule has 1 fully saturated rings. The molecule has 18 heteroatoms. The van der Waals surface area contributed by atoms with Crippen molar-refractivity contribution >= 4 is 21.6 Å². The lowest BCUT2D eigenvalue weighted by Gasteiger charge is -2.21. The number of nitrogens with two attached hydrogens (primary N) is 1. The summed E-state index contributed by atoms with van der Waals surface area (Å²) in [5.74, 6) is 0.111. The first-order valence-corrected chi connectivity index (χ1v) is 14.0. The molecular weight excluding hydrogens is 540 g/mol. The highest BCUT2D eigenvalue weighted by Gasteiger charge is 2.49. The second-order valence-corrected chi connectivity index (χ2v) is 11.2. The van der Waals surface area contributed by atoms with Crippen molar-refractivity contribution in [3.8, 4) is 5.75 Å². The zero-order chi connectivity index (χ0) is 27.2. The highest BCUT2D eigenvalue weighted by atomic mass is 31.3. The van der Waals surface area contributed by atoms with Crippen LogP contribution in [0.5, 0.6) is 5.75 Å². The average molecular weight is 565 g/mol. The number of benzene rings is 1. The summed E-state index contributed by atoms with van der Waals surface area (Å²) in [6.07, 6.45) is -7.16. The third-order valence-electron chi connectivity index (χ3n) is 4.89. The van der Waals surface area contributed by atoms with Crippen LogP contribution in [0.25, 0.3) is 0 Å². The van der Waals surface area contributed by atoms with Gasteiger partial charge in [-0.3, -0.25) is 23.4 Å². The molecule has 0 saturated carbocycles. The molecule has 37 heavy (non-hydrogen) atoms. The van der Waals surface area contributed by atoms with E-state index in [9.17, 15) is 38.4 Å². The van der Waals surface area contributed by atoms with Crippen LogP contribution in [0.3, 0.4) is 0 Å². The van der Waals surface area contributed by atoms with Gasteiger partial charge in [-0.15, -0.1) is 0 Å². The normalized spacial score (nSPS) is 24.6. The van der Waals surface area contributed by atoms with Crippen LogP contribution in [-0.2, 0) is 27.4 Å². The number of carbonyl (C=O) groups excluding carboxylic acids is 1. The predicted octanol–water partition coefficient (Wildman–Crippen LogP) is 0.0469. The average Bonchev–Trinajstić information content (AvgIpc) is 3.11. The Morgan fingerprint density at radius 2 is 1.86 bits per heavy atom. The number of H-pyrrole nitrogens is 1. The number of hydrogen-bond acceptors (Lipinski definition) is 12. The number of carbonyl (C=O) groups is 1. The van der Waals surface area contributed by atoms with Crippen molar-refractivity contribution in [3.63, 3.8) is 0 Å². The van der Waals surface area contributed by atoms with Crippen LogP contribution >= 0.6 is 15.4 Å². The molecule has 1 aromatic carbocycles. The molecule has 16 nitrogen and oxygen atoms in total. The molecule has 1 aliphatic heterocycles. The number of ether oxygens (including phenoxy) is 3. The predicted molar refractivity (Wildman–Crippen MR) is 124 cm³/mol. The van der Waals surface area contributed by atoms with Crippen molar-refractivity contribution in [1.29, 1.82) is 0 Å². The van der Waals surface area contributed by atoms with E-state index in [1.165, 1.54) is 12.1 Å². The summed E-state index contributed by atoms with van der Waals surface area (Å²) in [4.78, 5) is 57.6. The Morgan fingerprint density at radius 3 is 2.51 bits per heavy atom. The Labute approximate surface area is 208 Å². The van der Waals surface area contributed by atoms with E-state index in [1.54, 1.807) is 18.2 Å². The Morgan fingerprint density at radius 1 is 1.16 bits per heavy atom. The van der Waals surface area contributed by atoms with Crippen LogP contribution in [0.4, 0.5) is 4.79 Å². The largest absolute Gasteiger partial charge is 0.514 e. The van der Waals surface area contributed by atoms with Crippen LogP contribution in [0.15, 0.2) is 52.2 Å². The van der Waals surface area contributed by atoms with Gasteiger partial charge in [0.05, 0.1) is 12.8 Å². The number of nitrogens with zero attached hydrogens (tertiary/aromatic N) is 1. The number of hydrogen-bond donors (Lipinski definition) is 5. The molecule has 0 radical (unpaired) electrons. The monoisotopic (exact) mass is 565 g/mol. The molecule has 6 atom stereocenters. The Hall–Kier alpha value is -2.65. The first-order valence-electron chi connectivity index (χ1n) is 10.7. The fourth-order valence-electron chi connectivity index (χ4n) is 3.24. The summed E-state index contributed by atoms with van der Waals surface area (Å²) in [6.45, 7) is -0.861. The summed E-state index contributed by atoms with van der Waals surface area (Å²) >= 11 is 0. The number of nitrogens with one attached hydrogen (secondary N) is 1. The van der Waals surface area contributed by atoms with Gasteiger partial charge >= 0.3 is 27.3 Å². The minimum atomic E-state index is -5.13. The molecule has 2 aromatic rings. The van der Waals surface area contributed by atoms with Gasteiger partial charge in [-0.1, -0.05) is 18.2 Å². The molecular formula is C19H25N3O13P2. The second-order valence-electron chi connectivity index (χ2n) is 7.67. The Kier molecular flexibility index (Phi) is 9.58. The third-order valence-corrected chi connectivity index (χ3v) is 8.10. The highest BCUT2D eigenvalue weighted by Crippen LogP contribution is 2.60. The first-order chi connectivity index (χ1) is 17.4.